The van der Waals surface area contributed by atoms with E-state index in [0.29, 0.717) is 0 Å². The summed E-state index contributed by atoms with van der Waals surface area (Å²) >= 11 is 0. The van der Waals surface area contributed by atoms with Crippen LogP contribution in [0.1, 0.15) is 19.8 Å². The van der Waals surface area contributed by atoms with Crippen LogP contribution in [-0.2, 0) is 9.59 Å². The molecule has 0 radical (unpaired) electrons. The molecule has 0 N–H and O–H groups in total. The zero-order chi connectivity index (χ0) is 8.15. The number of carboxylic acids is 2. The molecule has 0 aromatic carbocycles. The van der Waals surface area contributed by atoms with E-state index < -0.39 is 17.9 Å². The molecule has 0 unspecified atom stereocenters. The zero-order valence-electron chi connectivity index (χ0n) is 6.33. The number of carboxylic acid groups (broad SMARTS) is 2. The Morgan fingerprint density at radius 3 is 1.64 bits per heavy atom. The van der Waals surface area contributed by atoms with Crippen LogP contribution in [0.25, 0.3) is 0 Å². The van der Waals surface area contributed by atoms with Crippen LogP contribution in [-0.4, -0.2) is 35.0 Å². The predicted molar refractivity (Wildman–Crippen MR) is 34.2 cm³/mol. The Morgan fingerprint density at radius 1 is 1.18 bits per heavy atom. The summed E-state index contributed by atoms with van der Waals surface area (Å²) in [6.07, 6.45) is -0.456. The van der Waals surface area contributed by atoms with E-state index in [1.54, 1.807) is 0 Å². The molecule has 0 aromatic rings. The monoisotopic (exact) mass is 168 g/mol. The molecule has 0 aliphatic heterocycles. The van der Waals surface area contributed by atoms with E-state index in [9.17, 15) is 19.8 Å². The number of hydrogen-bond donors (Lipinski definition) is 0. The standard InChI is InChI=1S/C6H10O4.Mg/c1-4(2-5(7)8)3-6(9)10;/h4H,2-3H2,1H3,(H,7,8)(H,9,10);/q;+2/p-2. The summed E-state index contributed by atoms with van der Waals surface area (Å²) in [5.41, 5.74) is 0. The van der Waals surface area contributed by atoms with Crippen LogP contribution >= 0.6 is 0 Å². The molecule has 0 bridgehead atoms. The largest absolute Gasteiger partial charge is 2.00 e. The molecule has 0 aliphatic rings. The molecule has 5 heteroatoms. The second-order valence-corrected chi connectivity index (χ2v) is 2.26. The molecule has 0 spiro atoms. The molecule has 0 aliphatic carbocycles. The summed E-state index contributed by atoms with van der Waals surface area (Å²) in [5, 5.41) is 19.7. The van der Waals surface area contributed by atoms with Crippen LogP contribution in [0.15, 0.2) is 0 Å². The van der Waals surface area contributed by atoms with E-state index >= 15 is 0 Å². The molecular weight excluding hydrogens is 160 g/mol. The van der Waals surface area contributed by atoms with Crippen molar-refractivity contribution in [3.05, 3.63) is 0 Å². The molecule has 0 saturated heterocycles. The second-order valence-electron chi connectivity index (χ2n) is 2.26. The van der Waals surface area contributed by atoms with Crippen molar-refractivity contribution in [3.63, 3.8) is 0 Å². The summed E-state index contributed by atoms with van der Waals surface area (Å²) in [6.45, 7) is 1.52. The third kappa shape index (κ3) is 9.71. The molecule has 58 valence electrons. The molecule has 0 amide bonds. The Kier molecular flexibility index (Phi) is 7.76. The fraction of sp³-hybridized carbons (Fsp3) is 0.667. The van der Waals surface area contributed by atoms with Crippen molar-refractivity contribution in [1.29, 1.82) is 0 Å². The third-order valence-corrected chi connectivity index (χ3v) is 1.03. The summed E-state index contributed by atoms with van der Waals surface area (Å²) in [5.74, 6) is -2.86. The maximum absolute atomic E-state index is 9.87. The SMILES string of the molecule is CC(CC(=O)[O-])CC(=O)[O-].[Mg+2]. The van der Waals surface area contributed by atoms with E-state index in [1.165, 1.54) is 6.92 Å². The normalized spacial score (nSPS) is 8.91. The molecule has 0 rings (SSSR count). The fourth-order valence-corrected chi connectivity index (χ4v) is 0.641. The van der Waals surface area contributed by atoms with Crippen LogP contribution < -0.4 is 10.2 Å². The molecule has 0 heterocycles. The van der Waals surface area contributed by atoms with Gasteiger partial charge in [0.15, 0.2) is 0 Å². The van der Waals surface area contributed by atoms with Crippen molar-refractivity contribution in [2.45, 2.75) is 19.8 Å². The Balaban J connectivity index is 0. The van der Waals surface area contributed by atoms with Crippen molar-refractivity contribution in [2.24, 2.45) is 5.92 Å². The van der Waals surface area contributed by atoms with E-state index in [4.69, 9.17) is 0 Å². The van der Waals surface area contributed by atoms with Gasteiger partial charge in [-0.2, -0.15) is 0 Å². The average molecular weight is 168 g/mol. The minimum atomic E-state index is -1.23. The molecular formula is C6H8MgO4. The van der Waals surface area contributed by atoms with E-state index in [1.807, 2.05) is 0 Å². The van der Waals surface area contributed by atoms with Crippen molar-refractivity contribution in [1.82, 2.24) is 0 Å². The Bertz CT molecular complexity index is 130. The van der Waals surface area contributed by atoms with Crippen LogP contribution in [0.2, 0.25) is 0 Å². The molecule has 0 aromatic heterocycles. The number of aliphatic carboxylic acids is 2. The maximum atomic E-state index is 9.87. The van der Waals surface area contributed by atoms with Crippen LogP contribution in [0.4, 0.5) is 0 Å². The Hall–Kier alpha value is -0.294. The first-order valence-corrected chi connectivity index (χ1v) is 2.92. The number of carbonyl (C=O) groups excluding carboxylic acids is 2. The van der Waals surface area contributed by atoms with Crippen molar-refractivity contribution >= 4 is 35.0 Å². The van der Waals surface area contributed by atoms with Gasteiger partial charge in [-0.05, 0) is 18.8 Å². The minimum absolute atomic E-state index is 0. The smallest absolute Gasteiger partial charge is 0.550 e. The first-order chi connectivity index (χ1) is 4.52. The topological polar surface area (TPSA) is 80.3 Å². The number of hydrogen-bond acceptors (Lipinski definition) is 4. The van der Waals surface area contributed by atoms with E-state index in [-0.39, 0.29) is 35.9 Å². The van der Waals surface area contributed by atoms with Crippen molar-refractivity contribution in [3.8, 4) is 0 Å². The Labute approximate surface area is 80.7 Å². The fourth-order valence-electron chi connectivity index (χ4n) is 0.641. The first-order valence-electron chi connectivity index (χ1n) is 2.92. The predicted octanol–water partition coefficient (Wildman–Crippen LogP) is -2.48. The zero-order valence-corrected chi connectivity index (χ0v) is 7.75. The van der Waals surface area contributed by atoms with Gasteiger partial charge in [0.25, 0.3) is 0 Å². The van der Waals surface area contributed by atoms with Crippen molar-refractivity contribution in [2.75, 3.05) is 0 Å². The maximum Gasteiger partial charge on any atom is 2.00 e. The molecule has 0 saturated carbocycles. The second kappa shape index (κ2) is 6.42. The molecule has 0 atom stereocenters. The van der Waals surface area contributed by atoms with Gasteiger partial charge in [0.2, 0.25) is 0 Å². The summed E-state index contributed by atoms with van der Waals surface area (Å²) in [6, 6.07) is 0. The molecule has 4 nitrogen and oxygen atoms in total. The van der Waals surface area contributed by atoms with Crippen LogP contribution in [0, 0.1) is 5.92 Å². The number of carbonyl (C=O) groups is 2. The quantitative estimate of drug-likeness (QED) is 0.436. The summed E-state index contributed by atoms with van der Waals surface area (Å²) < 4.78 is 0. The third-order valence-electron chi connectivity index (χ3n) is 1.03. The van der Waals surface area contributed by atoms with Gasteiger partial charge in [0.1, 0.15) is 0 Å². The molecule has 0 fully saturated rings. The van der Waals surface area contributed by atoms with Gasteiger partial charge >= 0.3 is 23.1 Å². The summed E-state index contributed by atoms with van der Waals surface area (Å²) in [7, 11) is 0. The first kappa shape index (κ1) is 13.3. The van der Waals surface area contributed by atoms with Gasteiger partial charge in [-0.1, -0.05) is 6.92 Å². The number of rotatable bonds is 4. The molecule has 11 heavy (non-hydrogen) atoms. The van der Waals surface area contributed by atoms with E-state index in [2.05, 4.69) is 0 Å². The van der Waals surface area contributed by atoms with Gasteiger partial charge in [0.05, 0.1) is 0 Å². The summed E-state index contributed by atoms with van der Waals surface area (Å²) in [4.78, 5) is 19.7. The average Bonchev–Trinajstić information content (AvgIpc) is 1.58. The van der Waals surface area contributed by atoms with Crippen LogP contribution in [0.3, 0.4) is 0 Å². The van der Waals surface area contributed by atoms with Gasteiger partial charge in [-0.15, -0.1) is 0 Å². The van der Waals surface area contributed by atoms with Gasteiger partial charge < -0.3 is 19.8 Å². The van der Waals surface area contributed by atoms with Gasteiger partial charge in [-0.25, -0.2) is 0 Å². The Morgan fingerprint density at radius 2 is 1.45 bits per heavy atom. The van der Waals surface area contributed by atoms with Gasteiger partial charge in [0, 0.05) is 11.9 Å². The van der Waals surface area contributed by atoms with E-state index in [0.717, 1.165) is 0 Å². The minimum Gasteiger partial charge on any atom is -0.550 e. The van der Waals surface area contributed by atoms with Crippen LogP contribution in [0.5, 0.6) is 0 Å². The van der Waals surface area contributed by atoms with Crippen molar-refractivity contribution < 1.29 is 19.8 Å². The van der Waals surface area contributed by atoms with Gasteiger partial charge in [-0.3, -0.25) is 0 Å².